The summed E-state index contributed by atoms with van der Waals surface area (Å²) in [5.41, 5.74) is -0.0224. The van der Waals surface area contributed by atoms with Gasteiger partial charge in [0, 0.05) is 12.3 Å². The van der Waals surface area contributed by atoms with Crippen LogP contribution in [0.4, 0.5) is 10.1 Å². The molecule has 2 rings (SSSR count). The summed E-state index contributed by atoms with van der Waals surface area (Å²) in [6.45, 7) is 0. The van der Waals surface area contributed by atoms with Crippen molar-refractivity contribution in [2.75, 3.05) is 19.1 Å². The molecule has 0 unspecified atom stereocenters. The first-order valence-electron chi connectivity index (χ1n) is 6.60. The maximum absolute atomic E-state index is 14.0. The van der Waals surface area contributed by atoms with E-state index in [-0.39, 0.29) is 26.5 Å². The molecule has 1 aromatic rings. The van der Waals surface area contributed by atoms with E-state index in [1.54, 1.807) is 6.08 Å². The molecule has 0 bridgehead atoms. The average molecular weight is 417 g/mol. The predicted molar refractivity (Wildman–Crippen MR) is 90.9 cm³/mol. The number of hydrogen-bond acceptors (Lipinski definition) is 5. The maximum atomic E-state index is 14.0. The fourth-order valence-electron chi connectivity index (χ4n) is 2.05. The van der Waals surface area contributed by atoms with Crippen LogP contribution < -0.4 is 4.90 Å². The quantitative estimate of drug-likeness (QED) is 0.555. The summed E-state index contributed by atoms with van der Waals surface area (Å²) >= 11 is 9.22. The van der Waals surface area contributed by atoms with E-state index in [1.807, 2.05) is 0 Å². The van der Waals surface area contributed by atoms with Crippen molar-refractivity contribution in [3.8, 4) is 0 Å². The molecular weight excluding hydrogens is 405 g/mol. The summed E-state index contributed by atoms with van der Waals surface area (Å²) in [6, 6.07) is 2.49. The highest BCUT2D eigenvalue weighted by Crippen LogP contribution is 2.35. The van der Waals surface area contributed by atoms with Crippen molar-refractivity contribution in [2.24, 2.45) is 0 Å². The number of hydrogen-bond donors (Lipinski definition) is 0. The van der Waals surface area contributed by atoms with Crippen LogP contribution in [-0.4, -0.2) is 26.2 Å². The van der Waals surface area contributed by atoms with E-state index in [1.165, 1.54) is 43.5 Å². The number of nitrogens with zero attached hydrogens (tertiary/aromatic N) is 1. The Kier molecular flexibility index (Phi) is 5.80. The van der Waals surface area contributed by atoms with Gasteiger partial charge >= 0.3 is 11.9 Å². The minimum absolute atomic E-state index is 0.0475. The van der Waals surface area contributed by atoms with Crippen LogP contribution in [0, 0.1) is 5.82 Å². The molecule has 0 radical (unpaired) electrons. The van der Waals surface area contributed by atoms with Gasteiger partial charge in [-0.25, -0.2) is 14.0 Å². The van der Waals surface area contributed by atoms with Crippen LogP contribution in [-0.2, 0) is 19.1 Å². The number of ether oxygens (including phenoxy) is 2. The molecule has 1 aliphatic rings. The second kappa shape index (κ2) is 7.63. The molecule has 0 saturated heterocycles. The lowest BCUT2D eigenvalue weighted by Crippen LogP contribution is -2.27. The lowest BCUT2D eigenvalue weighted by molar-refractivity contribution is -0.139. The van der Waals surface area contributed by atoms with Crippen molar-refractivity contribution in [1.82, 2.24) is 0 Å². The van der Waals surface area contributed by atoms with Crippen molar-refractivity contribution < 1.29 is 23.5 Å². The number of carbonyl (C=O) groups is 2. The van der Waals surface area contributed by atoms with Crippen molar-refractivity contribution >= 4 is 45.2 Å². The Balaban J connectivity index is 2.72. The van der Waals surface area contributed by atoms with E-state index < -0.39 is 17.8 Å². The summed E-state index contributed by atoms with van der Waals surface area (Å²) in [6.07, 6.45) is 5.97. The van der Waals surface area contributed by atoms with Gasteiger partial charge in [0.05, 0.1) is 35.0 Å². The molecule has 0 aromatic heterocycles. The third-order valence-corrected chi connectivity index (χ3v) is 4.05. The van der Waals surface area contributed by atoms with Crippen molar-refractivity contribution in [2.45, 2.75) is 0 Å². The molecule has 0 atom stereocenters. The number of anilines is 1. The Morgan fingerprint density at radius 2 is 1.83 bits per heavy atom. The van der Waals surface area contributed by atoms with Gasteiger partial charge in [0.25, 0.3) is 0 Å². The van der Waals surface area contributed by atoms with Gasteiger partial charge in [-0.1, -0.05) is 17.7 Å². The van der Waals surface area contributed by atoms with Crippen LogP contribution in [0.5, 0.6) is 0 Å². The van der Waals surface area contributed by atoms with E-state index in [2.05, 4.69) is 15.9 Å². The van der Waals surface area contributed by atoms with Gasteiger partial charge in [-0.05, 0) is 34.1 Å². The topological polar surface area (TPSA) is 55.8 Å². The lowest BCUT2D eigenvalue weighted by atomic mass is 10.1. The van der Waals surface area contributed by atoms with Gasteiger partial charge in [0.15, 0.2) is 0 Å². The molecule has 0 N–H and O–H groups in total. The molecule has 1 aliphatic heterocycles. The monoisotopic (exact) mass is 415 g/mol. The molecule has 1 aromatic carbocycles. The van der Waals surface area contributed by atoms with Crippen LogP contribution in [0.15, 0.2) is 52.3 Å². The van der Waals surface area contributed by atoms with Gasteiger partial charge in [0.2, 0.25) is 0 Å². The van der Waals surface area contributed by atoms with Crippen LogP contribution in [0.2, 0.25) is 5.02 Å². The first-order valence-corrected chi connectivity index (χ1v) is 7.77. The van der Waals surface area contributed by atoms with Crippen molar-refractivity contribution in [3.63, 3.8) is 0 Å². The normalized spacial score (nSPS) is 13.8. The first-order chi connectivity index (χ1) is 11.4. The molecule has 8 heteroatoms. The summed E-state index contributed by atoms with van der Waals surface area (Å²) in [7, 11) is 2.36. The van der Waals surface area contributed by atoms with E-state index in [9.17, 15) is 14.0 Å². The molecular formula is C16H12BrClFNO4. The highest BCUT2D eigenvalue weighted by molar-refractivity contribution is 9.10. The maximum Gasteiger partial charge on any atom is 0.355 e. The molecule has 5 nitrogen and oxygen atoms in total. The second-order valence-electron chi connectivity index (χ2n) is 4.53. The summed E-state index contributed by atoms with van der Waals surface area (Å²) in [5, 5.41) is 0.167. The SMILES string of the molecule is COC(=O)C1=C(C(=O)OC)N(c2cc(F)c(Br)cc2Cl)C=CC=C1. The molecule has 0 amide bonds. The zero-order chi connectivity index (χ0) is 17.9. The Morgan fingerprint density at radius 3 is 2.46 bits per heavy atom. The van der Waals surface area contributed by atoms with Gasteiger partial charge in [-0.2, -0.15) is 0 Å². The zero-order valence-electron chi connectivity index (χ0n) is 12.7. The van der Waals surface area contributed by atoms with Crippen LogP contribution >= 0.6 is 27.5 Å². The minimum atomic E-state index is -0.800. The Hall–Kier alpha value is -2.12. The minimum Gasteiger partial charge on any atom is -0.465 e. The highest BCUT2D eigenvalue weighted by Gasteiger charge is 2.28. The Labute approximate surface area is 151 Å². The summed E-state index contributed by atoms with van der Waals surface area (Å²) in [5.74, 6) is -2.12. The number of benzene rings is 1. The van der Waals surface area contributed by atoms with E-state index in [4.69, 9.17) is 21.1 Å². The first kappa shape index (κ1) is 18.2. The number of methoxy groups -OCH3 is 2. The standard InChI is InChI=1S/C16H12BrClFNO4/c1-23-15(21)9-5-3-4-6-20(14(9)16(22)24-2)13-8-12(19)10(17)7-11(13)18/h3-8H,1-2H3. The molecule has 0 spiro atoms. The second-order valence-corrected chi connectivity index (χ2v) is 5.80. The fourth-order valence-corrected chi connectivity index (χ4v) is 2.78. The Morgan fingerprint density at radius 1 is 1.17 bits per heavy atom. The average Bonchev–Trinajstić information content (AvgIpc) is 2.79. The Bertz CT molecular complexity index is 789. The number of esters is 2. The molecule has 126 valence electrons. The largest absolute Gasteiger partial charge is 0.465 e. The van der Waals surface area contributed by atoms with Crippen LogP contribution in [0.1, 0.15) is 0 Å². The third-order valence-electron chi connectivity index (χ3n) is 3.14. The zero-order valence-corrected chi connectivity index (χ0v) is 15.0. The lowest BCUT2D eigenvalue weighted by Gasteiger charge is -2.24. The van der Waals surface area contributed by atoms with E-state index >= 15 is 0 Å². The number of carbonyl (C=O) groups excluding carboxylic acids is 2. The van der Waals surface area contributed by atoms with Gasteiger partial charge in [-0.3, -0.25) is 0 Å². The molecule has 0 saturated carbocycles. The predicted octanol–water partition coefficient (Wildman–Crippen LogP) is 3.73. The van der Waals surface area contributed by atoms with Gasteiger partial charge in [-0.15, -0.1) is 0 Å². The van der Waals surface area contributed by atoms with Crippen molar-refractivity contribution in [3.05, 3.63) is 63.1 Å². The molecule has 0 aliphatic carbocycles. The smallest absolute Gasteiger partial charge is 0.355 e. The van der Waals surface area contributed by atoms with Crippen LogP contribution in [0.25, 0.3) is 0 Å². The molecule has 1 heterocycles. The van der Waals surface area contributed by atoms with E-state index in [0.717, 1.165) is 6.07 Å². The van der Waals surface area contributed by atoms with Crippen molar-refractivity contribution in [1.29, 1.82) is 0 Å². The van der Waals surface area contributed by atoms with E-state index in [0.29, 0.717) is 0 Å². The highest BCUT2D eigenvalue weighted by atomic mass is 79.9. The summed E-state index contributed by atoms with van der Waals surface area (Å²) in [4.78, 5) is 25.6. The fraction of sp³-hybridized carbons (Fsp3) is 0.125. The van der Waals surface area contributed by atoms with Gasteiger partial charge in [0.1, 0.15) is 11.5 Å². The number of rotatable bonds is 3. The molecule has 24 heavy (non-hydrogen) atoms. The summed E-state index contributed by atoms with van der Waals surface area (Å²) < 4.78 is 23.6. The number of halogens is 3. The molecule has 0 fully saturated rings. The van der Waals surface area contributed by atoms with Crippen LogP contribution in [0.3, 0.4) is 0 Å². The third kappa shape index (κ3) is 3.52. The number of allylic oxidation sites excluding steroid dienone is 2. The van der Waals surface area contributed by atoms with Gasteiger partial charge < -0.3 is 14.4 Å².